The van der Waals surface area contributed by atoms with Crippen LogP contribution in [0.2, 0.25) is 10.0 Å². The number of carbonyl (C=O) groups is 2. The molecule has 0 aliphatic rings. The number of benzene rings is 2. The summed E-state index contributed by atoms with van der Waals surface area (Å²) in [4.78, 5) is 23.7. The molecule has 2 aromatic carbocycles. The Kier molecular flexibility index (Phi) is 6.33. The van der Waals surface area contributed by atoms with E-state index in [-0.39, 0.29) is 18.4 Å². The van der Waals surface area contributed by atoms with Gasteiger partial charge in [0, 0.05) is 22.5 Å². The minimum absolute atomic E-state index is 0.00289. The molecule has 0 heterocycles. The zero-order valence-corrected chi connectivity index (χ0v) is 14.4. The fourth-order valence-corrected chi connectivity index (χ4v) is 2.85. The number of halogens is 4. The van der Waals surface area contributed by atoms with Gasteiger partial charge in [-0.25, -0.2) is 8.78 Å². The molecule has 0 saturated carbocycles. The zero-order valence-electron chi connectivity index (χ0n) is 12.9. The molecule has 0 aromatic heterocycles. The lowest BCUT2D eigenvalue weighted by atomic mass is 10.0. The summed E-state index contributed by atoms with van der Waals surface area (Å²) in [5.41, 5.74) is 5.91. The molecular formula is C17H14Cl2F2N2O2. The van der Waals surface area contributed by atoms with Gasteiger partial charge in [0.2, 0.25) is 11.8 Å². The van der Waals surface area contributed by atoms with Crippen molar-refractivity contribution in [3.05, 3.63) is 69.2 Å². The topological polar surface area (TPSA) is 72.2 Å². The molecule has 8 heteroatoms. The van der Waals surface area contributed by atoms with Gasteiger partial charge in [-0.2, -0.15) is 0 Å². The minimum atomic E-state index is -1.07. The summed E-state index contributed by atoms with van der Waals surface area (Å²) in [6.45, 7) is 0. The molecule has 25 heavy (non-hydrogen) atoms. The Balaban J connectivity index is 2.11. The van der Waals surface area contributed by atoms with Gasteiger partial charge in [0.05, 0.1) is 6.42 Å². The summed E-state index contributed by atoms with van der Waals surface area (Å²) < 4.78 is 26.3. The van der Waals surface area contributed by atoms with Gasteiger partial charge >= 0.3 is 0 Å². The van der Waals surface area contributed by atoms with E-state index in [9.17, 15) is 18.4 Å². The predicted molar refractivity (Wildman–Crippen MR) is 91.4 cm³/mol. The molecule has 0 bridgehead atoms. The smallest absolute Gasteiger partial charge is 0.240 e. The van der Waals surface area contributed by atoms with Crippen molar-refractivity contribution in [3.63, 3.8) is 0 Å². The van der Waals surface area contributed by atoms with Crippen LogP contribution in [0.1, 0.15) is 11.1 Å². The van der Waals surface area contributed by atoms with E-state index in [0.29, 0.717) is 21.7 Å². The molecule has 3 N–H and O–H groups in total. The summed E-state index contributed by atoms with van der Waals surface area (Å²) in [5.74, 6) is -2.99. The van der Waals surface area contributed by atoms with Crippen LogP contribution in [-0.4, -0.2) is 17.9 Å². The van der Waals surface area contributed by atoms with Gasteiger partial charge in [-0.1, -0.05) is 29.3 Å². The van der Waals surface area contributed by atoms with Gasteiger partial charge in [0.1, 0.15) is 17.7 Å². The second kappa shape index (κ2) is 8.27. The van der Waals surface area contributed by atoms with Crippen LogP contribution in [0.25, 0.3) is 0 Å². The second-order valence-corrected chi connectivity index (χ2v) is 6.20. The number of amides is 2. The van der Waals surface area contributed by atoms with E-state index < -0.39 is 29.5 Å². The van der Waals surface area contributed by atoms with Gasteiger partial charge in [0.25, 0.3) is 0 Å². The molecule has 0 saturated heterocycles. The SMILES string of the molecule is NC(=O)[C@@H](Cc1c(Cl)cccc1Cl)NC(=O)Cc1cc(F)cc(F)c1. The molecule has 0 fully saturated rings. The Labute approximate surface area is 152 Å². The summed E-state index contributed by atoms with van der Waals surface area (Å²) in [6.07, 6.45) is -0.314. The average molecular weight is 387 g/mol. The van der Waals surface area contributed by atoms with Crippen molar-refractivity contribution in [2.24, 2.45) is 5.73 Å². The Morgan fingerprint density at radius 2 is 1.64 bits per heavy atom. The molecule has 2 aromatic rings. The van der Waals surface area contributed by atoms with Gasteiger partial charge in [-0.15, -0.1) is 0 Å². The first-order valence-corrected chi connectivity index (χ1v) is 7.98. The standard InChI is InChI=1S/C17H14Cl2F2N2O2/c18-13-2-1-3-14(19)12(13)8-15(17(22)25)23-16(24)6-9-4-10(20)7-11(21)5-9/h1-5,7,15H,6,8H2,(H2,22,25)(H,23,24)/t15-/m1/s1. The maximum Gasteiger partial charge on any atom is 0.240 e. The molecule has 2 rings (SSSR count). The van der Waals surface area contributed by atoms with Crippen molar-refractivity contribution in [2.45, 2.75) is 18.9 Å². The van der Waals surface area contributed by atoms with E-state index in [4.69, 9.17) is 28.9 Å². The molecule has 0 aliphatic heterocycles. The molecule has 4 nitrogen and oxygen atoms in total. The van der Waals surface area contributed by atoms with Crippen LogP contribution in [0, 0.1) is 11.6 Å². The van der Waals surface area contributed by atoms with E-state index in [1.54, 1.807) is 18.2 Å². The normalized spacial score (nSPS) is 11.8. The number of carbonyl (C=O) groups excluding carboxylic acids is 2. The van der Waals surface area contributed by atoms with E-state index in [0.717, 1.165) is 12.1 Å². The molecule has 1 atom stereocenters. The van der Waals surface area contributed by atoms with Crippen molar-refractivity contribution in [1.29, 1.82) is 0 Å². The minimum Gasteiger partial charge on any atom is -0.368 e. The first-order chi connectivity index (χ1) is 11.8. The zero-order chi connectivity index (χ0) is 18.6. The Bertz CT molecular complexity index is 775. The van der Waals surface area contributed by atoms with Crippen molar-refractivity contribution < 1.29 is 18.4 Å². The van der Waals surface area contributed by atoms with Gasteiger partial charge < -0.3 is 11.1 Å². The maximum absolute atomic E-state index is 13.2. The molecule has 0 aliphatic carbocycles. The highest BCUT2D eigenvalue weighted by molar-refractivity contribution is 6.36. The highest BCUT2D eigenvalue weighted by atomic mass is 35.5. The number of hydrogen-bond acceptors (Lipinski definition) is 2. The average Bonchev–Trinajstić information content (AvgIpc) is 2.48. The lowest BCUT2D eigenvalue weighted by molar-refractivity contribution is -0.127. The molecule has 0 spiro atoms. The third kappa shape index (κ3) is 5.41. The largest absolute Gasteiger partial charge is 0.368 e. The van der Waals surface area contributed by atoms with Crippen molar-refractivity contribution in [1.82, 2.24) is 5.32 Å². The van der Waals surface area contributed by atoms with Crippen molar-refractivity contribution in [3.8, 4) is 0 Å². The van der Waals surface area contributed by atoms with E-state index >= 15 is 0 Å². The van der Waals surface area contributed by atoms with Crippen LogP contribution in [0.3, 0.4) is 0 Å². The Morgan fingerprint density at radius 3 is 2.16 bits per heavy atom. The molecular weight excluding hydrogens is 373 g/mol. The van der Waals surface area contributed by atoms with Crippen LogP contribution in [0.4, 0.5) is 8.78 Å². The Morgan fingerprint density at radius 1 is 1.08 bits per heavy atom. The first kappa shape index (κ1) is 19.1. The third-order valence-electron chi connectivity index (χ3n) is 3.44. The summed E-state index contributed by atoms with van der Waals surface area (Å²) in [7, 11) is 0. The number of nitrogens with two attached hydrogens (primary N) is 1. The van der Waals surface area contributed by atoms with E-state index in [2.05, 4.69) is 5.32 Å². The van der Waals surface area contributed by atoms with E-state index in [1.807, 2.05) is 0 Å². The predicted octanol–water partition coefficient (Wildman–Crippen LogP) is 3.03. The van der Waals surface area contributed by atoms with Crippen molar-refractivity contribution in [2.75, 3.05) is 0 Å². The fraction of sp³-hybridized carbons (Fsp3) is 0.176. The van der Waals surface area contributed by atoms with Crippen LogP contribution in [0.5, 0.6) is 0 Å². The third-order valence-corrected chi connectivity index (χ3v) is 4.14. The first-order valence-electron chi connectivity index (χ1n) is 7.23. The number of primary amides is 1. The lowest BCUT2D eigenvalue weighted by Gasteiger charge is -2.17. The molecule has 2 amide bonds. The summed E-state index contributed by atoms with van der Waals surface area (Å²) in [6, 6.07) is 6.54. The van der Waals surface area contributed by atoms with Gasteiger partial charge in [-0.05, 0) is 35.4 Å². The molecule has 132 valence electrons. The number of rotatable bonds is 6. The second-order valence-electron chi connectivity index (χ2n) is 5.38. The number of nitrogens with one attached hydrogen (secondary N) is 1. The van der Waals surface area contributed by atoms with Crippen LogP contribution in [-0.2, 0) is 22.4 Å². The van der Waals surface area contributed by atoms with E-state index in [1.165, 1.54) is 0 Å². The summed E-state index contributed by atoms with van der Waals surface area (Å²) in [5, 5.41) is 3.10. The Hall–Kier alpha value is -2.18. The molecule has 0 radical (unpaired) electrons. The highest BCUT2D eigenvalue weighted by Gasteiger charge is 2.21. The quantitative estimate of drug-likeness (QED) is 0.800. The van der Waals surface area contributed by atoms with Crippen LogP contribution >= 0.6 is 23.2 Å². The molecule has 0 unspecified atom stereocenters. The van der Waals surface area contributed by atoms with Crippen LogP contribution < -0.4 is 11.1 Å². The van der Waals surface area contributed by atoms with Gasteiger partial charge in [-0.3, -0.25) is 9.59 Å². The van der Waals surface area contributed by atoms with Crippen molar-refractivity contribution >= 4 is 35.0 Å². The highest BCUT2D eigenvalue weighted by Crippen LogP contribution is 2.25. The monoisotopic (exact) mass is 386 g/mol. The van der Waals surface area contributed by atoms with Crippen LogP contribution in [0.15, 0.2) is 36.4 Å². The summed E-state index contributed by atoms with van der Waals surface area (Å²) >= 11 is 12.1. The maximum atomic E-state index is 13.2. The number of hydrogen-bond donors (Lipinski definition) is 2. The fourth-order valence-electron chi connectivity index (χ4n) is 2.30. The van der Waals surface area contributed by atoms with Gasteiger partial charge in [0.15, 0.2) is 0 Å². The lowest BCUT2D eigenvalue weighted by Crippen LogP contribution is -2.46.